The van der Waals surface area contributed by atoms with E-state index in [4.69, 9.17) is 0 Å². The maximum Gasteiger partial charge on any atom is 0.287 e. The number of nitrogens with one attached hydrogen (secondary N) is 1. The van der Waals surface area contributed by atoms with Crippen molar-refractivity contribution in [1.29, 1.82) is 0 Å². The van der Waals surface area contributed by atoms with Gasteiger partial charge in [0.15, 0.2) is 0 Å². The topological polar surface area (TPSA) is 93.7 Å². The van der Waals surface area contributed by atoms with Crippen molar-refractivity contribution in [2.45, 2.75) is 44.5 Å². The molecule has 28 heavy (non-hydrogen) atoms. The molecule has 0 saturated carbocycles. The van der Waals surface area contributed by atoms with Crippen LogP contribution in [-0.2, 0) is 9.59 Å². The van der Waals surface area contributed by atoms with Gasteiger partial charge in [0.2, 0.25) is 11.7 Å². The number of piperazine rings is 1. The van der Waals surface area contributed by atoms with Gasteiger partial charge in [-0.1, -0.05) is 29.8 Å². The molecule has 3 unspecified atom stereocenters. The number of carbonyl (C=O) groups excluding carboxylic acids is 3. The van der Waals surface area contributed by atoms with Gasteiger partial charge in [0, 0.05) is 17.4 Å². The molecule has 144 valence electrons. The average molecular weight is 379 g/mol. The van der Waals surface area contributed by atoms with E-state index in [0.717, 1.165) is 16.0 Å². The Hall–Kier alpha value is -2.93. The molecule has 1 aromatic heterocycles. The molecule has 7 heteroatoms. The van der Waals surface area contributed by atoms with Crippen LogP contribution >= 0.6 is 0 Å². The van der Waals surface area contributed by atoms with E-state index in [1.54, 1.807) is 12.1 Å². The molecule has 0 spiro atoms. The molecule has 2 fully saturated rings. The van der Waals surface area contributed by atoms with Crippen LogP contribution in [0, 0.1) is 0 Å². The lowest BCUT2D eigenvalue weighted by Gasteiger charge is -2.51. The Kier molecular flexibility index (Phi) is 3.40. The third-order valence-corrected chi connectivity index (χ3v) is 6.03. The number of para-hydroxylation sites is 1. The molecule has 4 heterocycles. The smallest absolute Gasteiger partial charge is 0.287 e. The van der Waals surface area contributed by atoms with Crippen LogP contribution in [0.1, 0.15) is 48.8 Å². The Morgan fingerprint density at radius 3 is 2.75 bits per heavy atom. The second-order valence-electron chi connectivity index (χ2n) is 8.01. The summed E-state index contributed by atoms with van der Waals surface area (Å²) < 4.78 is 0. The van der Waals surface area contributed by atoms with E-state index in [9.17, 15) is 19.5 Å². The summed E-state index contributed by atoms with van der Waals surface area (Å²) in [5.41, 5.74) is -0.0236. The van der Waals surface area contributed by atoms with Crippen molar-refractivity contribution in [3.8, 4) is 0 Å². The first-order valence-corrected chi connectivity index (χ1v) is 9.52. The Bertz CT molecular complexity index is 1080. The molecule has 7 nitrogen and oxygen atoms in total. The number of hydrogen-bond acceptors (Lipinski definition) is 4. The van der Waals surface area contributed by atoms with Gasteiger partial charge >= 0.3 is 0 Å². The minimum atomic E-state index is -2.51. The number of allylic oxidation sites excluding steroid dienone is 1. The lowest BCUT2D eigenvalue weighted by Crippen LogP contribution is -2.75. The average Bonchev–Trinajstić information content (AvgIpc) is 3.29. The predicted octanol–water partition coefficient (Wildman–Crippen LogP) is 1.89. The number of carbonyl (C=O) groups is 3. The van der Waals surface area contributed by atoms with E-state index >= 15 is 0 Å². The van der Waals surface area contributed by atoms with Gasteiger partial charge in [0.05, 0.1) is 17.3 Å². The summed E-state index contributed by atoms with van der Waals surface area (Å²) in [7, 11) is 0. The number of aliphatic hydroxyl groups is 1. The zero-order valence-corrected chi connectivity index (χ0v) is 15.7. The maximum absolute atomic E-state index is 13.5. The lowest BCUT2D eigenvalue weighted by molar-refractivity contribution is -0.192. The number of aromatic nitrogens is 1. The van der Waals surface area contributed by atoms with Crippen molar-refractivity contribution in [1.82, 2.24) is 14.8 Å². The van der Waals surface area contributed by atoms with Gasteiger partial charge in [-0.05, 0) is 32.8 Å². The van der Waals surface area contributed by atoms with Crippen LogP contribution in [0.15, 0.2) is 35.9 Å². The summed E-state index contributed by atoms with van der Waals surface area (Å²) in [6.07, 6.45) is 3.05. The number of hydrogen-bond donors (Lipinski definition) is 2. The summed E-state index contributed by atoms with van der Waals surface area (Å²) in [6, 6.07) is 5.95. The zero-order chi connectivity index (χ0) is 19.8. The molecule has 0 bridgehead atoms. The van der Waals surface area contributed by atoms with Gasteiger partial charge in [-0.3, -0.25) is 19.3 Å². The number of nitrogens with zero attached hydrogens (tertiary/aromatic N) is 2. The largest absolute Gasteiger partial charge is 0.357 e. The highest BCUT2D eigenvalue weighted by atomic mass is 16.3. The van der Waals surface area contributed by atoms with Crippen molar-refractivity contribution in [3.05, 3.63) is 47.2 Å². The monoisotopic (exact) mass is 379 g/mol. The summed E-state index contributed by atoms with van der Waals surface area (Å²) in [4.78, 5) is 45.8. The Morgan fingerprint density at radius 1 is 1.25 bits per heavy atom. The van der Waals surface area contributed by atoms with Gasteiger partial charge in [-0.2, -0.15) is 0 Å². The quantitative estimate of drug-likeness (QED) is 0.584. The number of amides is 2. The maximum atomic E-state index is 13.5. The van der Waals surface area contributed by atoms with Crippen LogP contribution in [0.4, 0.5) is 0 Å². The summed E-state index contributed by atoms with van der Waals surface area (Å²) in [6.45, 7) is 4.15. The molecule has 3 atom stereocenters. The molecule has 1 aromatic carbocycles. The summed E-state index contributed by atoms with van der Waals surface area (Å²) in [5, 5.41) is 12.1. The molecule has 2 N–H and O–H groups in total. The van der Waals surface area contributed by atoms with Crippen LogP contribution < -0.4 is 0 Å². The van der Waals surface area contributed by atoms with Gasteiger partial charge in [-0.15, -0.1) is 0 Å². The Balaban J connectivity index is 1.83. The van der Waals surface area contributed by atoms with E-state index in [1.807, 2.05) is 32.1 Å². The van der Waals surface area contributed by atoms with E-state index in [0.29, 0.717) is 30.5 Å². The third kappa shape index (κ3) is 1.94. The number of aromatic amines is 1. The van der Waals surface area contributed by atoms with E-state index in [-0.39, 0.29) is 11.5 Å². The third-order valence-electron chi connectivity index (χ3n) is 6.03. The lowest BCUT2D eigenvalue weighted by atomic mass is 9.83. The molecule has 2 saturated heterocycles. The van der Waals surface area contributed by atoms with Crippen LogP contribution in [0.3, 0.4) is 0 Å². The molecule has 0 radical (unpaired) electrons. The first-order valence-electron chi connectivity index (χ1n) is 9.52. The number of Topliss-reactive ketones (excluding diaryl/α,β-unsaturated/α-hetero) is 1. The molecular weight excluding hydrogens is 358 g/mol. The zero-order valence-electron chi connectivity index (χ0n) is 15.7. The normalized spacial score (nSPS) is 29.0. The van der Waals surface area contributed by atoms with E-state index < -0.39 is 29.5 Å². The molecule has 0 aliphatic carbocycles. The molecule has 2 amide bonds. The highest BCUT2D eigenvalue weighted by Crippen LogP contribution is 2.46. The highest BCUT2D eigenvalue weighted by Gasteiger charge is 2.65. The second-order valence-corrected chi connectivity index (χ2v) is 8.01. The van der Waals surface area contributed by atoms with Crippen molar-refractivity contribution in [3.63, 3.8) is 0 Å². The summed E-state index contributed by atoms with van der Waals surface area (Å²) >= 11 is 0. The van der Waals surface area contributed by atoms with Crippen molar-refractivity contribution in [2.24, 2.45) is 0 Å². The SMILES string of the molecule is CC(C)=CC1c2[nH]c3ccccc3c2C(=O)C2(O)C(=O)N3CCCC3C(=O)N12. The van der Waals surface area contributed by atoms with E-state index in [1.165, 1.54) is 4.90 Å². The molecule has 3 aliphatic heterocycles. The fourth-order valence-electron chi connectivity index (χ4n) is 4.84. The number of ketones is 1. The highest BCUT2D eigenvalue weighted by molar-refractivity contribution is 6.25. The van der Waals surface area contributed by atoms with E-state index in [2.05, 4.69) is 4.98 Å². The molecular formula is C21H21N3O4. The van der Waals surface area contributed by atoms with Crippen LogP contribution in [0.5, 0.6) is 0 Å². The van der Waals surface area contributed by atoms with Gasteiger partial charge in [-0.25, -0.2) is 0 Å². The predicted molar refractivity (Wildman–Crippen MR) is 101 cm³/mol. The van der Waals surface area contributed by atoms with Gasteiger partial charge < -0.3 is 15.0 Å². The first kappa shape index (κ1) is 17.2. The van der Waals surface area contributed by atoms with Crippen LogP contribution in [-0.4, -0.2) is 55.8 Å². The standard InChI is InChI=1S/C21H21N3O4/c1-11(2)10-15-17-16(12-6-3-4-7-13(12)22-17)18(25)21(28)20(27)23-9-5-8-14(23)19(26)24(15)21/h3-4,6-7,10,14-15,22,28H,5,8-9H2,1-2H3. The minimum absolute atomic E-state index is 0.288. The molecule has 2 aromatic rings. The second kappa shape index (κ2) is 5.54. The number of rotatable bonds is 1. The minimum Gasteiger partial charge on any atom is -0.357 e. The van der Waals surface area contributed by atoms with Gasteiger partial charge in [0.1, 0.15) is 6.04 Å². The Morgan fingerprint density at radius 2 is 2.00 bits per heavy atom. The summed E-state index contributed by atoms with van der Waals surface area (Å²) in [5.74, 6) is -1.80. The van der Waals surface area contributed by atoms with Crippen molar-refractivity contribution < 1.29 is 19.5 Å². The molecule has 3 aliphatic rings. The molecule has 5 rings (SSSR count). The fourth-order valence-corrected chi connectivity index (χ4v) is 4.84. The van der Waals surface area contributed by atoms with Crippen LogP contribution in [0.2, 0.25) is 0 Å². The number of fused-ring (bicyclic) bond motifs is 5. The number of H-pyrrole nitrogens is 1. The first-order chi connectivity index (χ1) is 13.4. The number of benzene rings is 1. The fraction of sp³-hybridized carbons (Fsp3) is 0.381. The van der Waals surface area contributed by atoms with Gasteiger partial charge in [0.25, 0.3) is 11.6 Å². The van der Waals surface area contributed by atoms with Crippen molar-refractivity contribution in [2.75, 3.05) is 6.54 Å². The van der Waals surface area contributed by atoms with Crippen LogP contribution in [0.25, 0.3) is 10.9 Å². The Labute approximate surface area is 161 Å². The van der Waals surface area contributed by atoms with Crippen molar-refractivity contribution >= 4 is 28.5 Å².